The Morgan fingerprint density at radius 3 is 2.38 bits per heavy atom. The molecule has 2 amide bonds. The number of benzene rings is 3. The maximum absolute atomic E-state index is 12.8. The van der Waals surface area contributed by atoms with Crippen LogP contribution in [0.5, 0.6) is 11.5 Å². The van der Waals surface area contributed by atoms with E-state index in [9.17, 15) is 9.59 Å². The smallest absolute Gasteiger partial charge is 0.262 e. The largest absolute Gasteiger partial charge is 0.497 e. The van der Waals surface area contributed by atoms with Gasteiger partial charge in [0, 0.05) is 18.7 Å². The molecular formula is C28H30N2O4. The Balaban J connectivity index is 1.53. The molecule has 3 aromatic carbocycles. The van der Waals surface area contributed by atoms with Crippen molar-refractivity contribution in [1.82, 2.24) is 4.90 Å². The Morgan fingerprint density at radius 2 is 1.71 bits per heavy atom. The van der Waals surface area contributed by atoms with Crippen molar-refractivity contribution in [3.63, 3.8) is 0 Å². The SMILES string of the molecule is CCC(=O)N1CCc2ccc(OCC(=O)Nc3ccc(OC)cc3)cc2[C@@H]1c1ccc(C)cc1. The number of anilines is 1. The summed E-state index contributed by atoms with van der Waals surface area (Å²) in [6.07, 6.45) is 1.25. The van der Waals surface area contributed by atoms with Crippen molar-refractivity contribution < 1.29 is 19.1 Å². The highest BCUT2D eigenvalue weighted by molar-refractivity contribution is 5.91. The van der Waals surface area contributed by atoms with Gasteiger partial charge in [0.2, 0.25) is 5.91 Å². The summed E-state index contributed by atoms with van der Waals surface area (Å²) in [7, 11) is 1.60. The van der Waals surface area contributed by atoms with Gasteiger partial charge < -0.3 is 19.7 Å². The van der Waals surface area contributed by atoms with Crippen molar-refractivity contribution in [1.29, 1.82) is 0 Å². The Labute approximate surface area is 200 Å². The fourth-order valence-electron chi connectivity index (χ4n) is 4.28. The lowest BCUT2D eigenvalue weighted by Gasteiger charge is -2.38. The zero-order valence-corrected chi connectivity index (χ0v) is 19.8. The van der Waals surface area contributed by atoms with Crippen molar-refractivity contribution >= 4 is 17.5 Å². The fourth-order valence-corrected chi connectivity index (χ4v) is 4.28. The number of hydrogen-bond acceptors (Lipinski definition) is 4. The number of methoxy groups -OCH3 is 1. The van der Waals surface area contributed by atoms with Crippen molar-refractivity contribution in [3.05, 3.63) is 89.0 Å². The first-order valence-electron chi connectivity index (χ1n) is 11.5. The highest BCUT2D eigenvalue weighted by atomic mass is 16.5. The maximum Gasteiger partial charge on any atom is 0.262 e. The quantitative estimate of drug-likeness (QED) is 0.547. The minimum absolute atomic E-state index is 0.113. The predicted molar refractivity (Wildman–Crippen MR) is 132 cm³/mol. The third kappa shape index (κ3) is 5.22. The summed E-state index contributed by atoms with van der Waals surface area (Å²) < 4.78 is 11.0. The zero-order valence-electron chi connectivity index (χ0n) is 19.8. The molecule has 176 valence electrons. The van der Waals surface area contributed by atoms with E-state index < -0.39 is 0 Å². The molecule has 0 unspecified atom stereocenters. The van der Waals surface area contributed by atoms with Crippen molar-refractivity contribution in [2.45, 2.75) is 32.7 Å². The van der Waals surface area contributed by atoms with E-state index >= 15 is 0 Å². The molecule has 1 aliphatic heterocycles. The van der Waals surface area contributed by atoms with Crippen LogP contribution in [-0.4, -0.2) is 37.0 Å². The first-order valence-corrected chi connectivity index (χ1v) is 11.5. The molecule has 1 heterocycles. The minimum Gasteiger partial charge on any atom is -0.497 e. The number of carbonyl (C=O) groups is 2. The number of nitrogens with one attached hydrogen (secondary N) is 1. The lowest BCUT2D eigenvalue weighted by molar-refractivity contribution is -0.132. The first-order chi connectivity index (χ1) is 16.5. The number of rotatable bonds is 7. The van der Waals surface area contributed by atoms with Gasteiger partial charge in [-0.25, -0.2) is 0 Å². The summed E-state index contributed by atoms with van der Waals surface area (Å²) in [5.41, 5.74) is 5.16. The lowest BCUT2D eigenvalue weighted by Crippen LogP contribution is -2.40. The molecule has 0 saturated heterocycles. The predicted octanol–water partition coefficient (Wildman–Crippen LogP) is 4.91. The van der Waals surface area contributed by atoms with Crippen LogP contribution in [0.25, 0.3) is 0 Å². The Morgan fingerprint density at radius 1 is 1.00 bits per heavy atom. The summed E-state index contributed by atoms with van der Waals surface area (Å²) in [6.45, 7) is 4.52. The van der Waals surface area contributed by atoms with Crippen LogP contribution in [-0.2, 0) is 16.0 Å². The summed E-state index contributed by atoms with van der Waals surface area (Å²) in [4.78, 5) is 27.1. The molecule has 0 saturated carbocycles. The topological polar surface area (TPSA) is 67.9 Å². The van der Waals surface area contributed by atoms with Crippen molar-refractivity contribution in [2.75, 3.05) is 25.6 Å². The molecule has 4 rings (SSSR count). The molecule has 1 aliphatic rings. The van der Waals surface area contributed by atoms with Crippen LogP contribution in [0.4, 0.5) is 5.69 Å². The van der Waals surface area contributed by atoms with E-state index in [0.717, 1.165) is 23.3 Å². The standard InChI is InChI=1S/C28H30N2O4/c1-4-27(32)30-16-15-20-9-12-24(17-25(20)28(30)21-7-5-19(2)6-8-21)34-18-26(31)29-22-10-13-23(33-3)14-11-22/h5-14,17,28H,4,15-16,18H2,1-3H3,(H,29,31)/t28-/m0/s1. The first kappa shape index (κ1) is 23.4. The van der Waals surface area contributed by atoms with Crippen LogP contribution >= 0.6 is 0 Å². The monoisotopic (exact) mass is 458 g/mol. The van der Waals surface area contributed by atoms with Crippen molar-refractivity contribution in [2.24, 2.45) is 0 Å². The second-order valence-electron chi connectivity index (χ2n) is 8.43. The number of hydrogen-bond donors (Lipinski definition) is 1. The number of nitrogens with zero attached hydrogens (tertiary/aromatic N) is 1. The molecule has 0 fully saturated rings. The Bertz CT molecular complexity index is 1160. The number of carbonyl (C=O) groups excluding carboxylic acids is 2. The molecule has 1 atom stereocenters. The van der Waals surface area contributed by atoms with Gasteiger partial charge in [0.15, 0.2) is 6.61 Å². The van der Waals surface area contributed by atoms with Gasteiger partial charge in [-0.1, -0.05) is 42.8 Å². The molecule has 1 N–H and O–H groups in total. The van der Waals surface area contributed by atoms with Crippen LogP contribution in [0.15, 0.2) is 66.7 Å². The average molecular weight is 459 g/mol. The van der Waals surface area contributed by atoms with E-state index in [2.05, 4.69) is 36.5 Å². The summed E-state index contributed by atoms with van der Waals surface area (Å²) >= 11 is 0. The highest BCUT2D eigenvalue weighted by Gasteiger charge is 2.31. The van der Waals surface area contributed by atoms with Crippen LogP contribution in [0, 0.1) is 6.92 Å². The summed E-state index contributed by atoms with van der Waals surface area (Å²) in [6, 6.07) is 21.2. The van der Waals surface area contributed by atoms with Gasteiger partial charge in [0.25, 0.3) is 5.91 Å². The van der Waals surface area contributed by atoms with E-state index in [0.29, 0.717) is 24.4 Å². The number of aryl methyl sites for hydroxylation is 1. The van der Waals surface area contributed by atoms with Crippen LogP contribution in [0.2, 0.25) is 0 Å². The molecular weight excluding hydrogens is 428 g/mol. The Kier molecular flexibility index (Phi) is 7.16. The number of fused-ring (bicyclic) bond motifs is 1. The molecule has 0 radical (unpaired) electrons. The van der Waals surface area contributed by atoms with Crippen LogP contribution in [0.3, 0.4) is 0 Å². The third-order valence-corrected chi connectivity index (χ3v) is 6.11. The van der Waals surface area contributed by atoms with Gasteiger partial charge in [-0.3, -0.25) is 9.59 Å². The molecule has 0 spiro atoms. The molecule has 0 bridgehead atoms. The molecule has 0 aliphatic carbocycles. The number of amides is 2. The molecule has 6 heteroatoms. The highest BCUT2D eigenvalue weighted by Crippen LogP contribution is 2.37. The fraction of sp³-hybridized carbons (Fsp3) is 0.286. The van der Waals surface area contributed by atoms with Gasteiger partial charge in [0.05, 0.1) is 13.2 Å². The molecule has 6 nitrogen and oxygen atoms in total. The van der Waals surface area contributed by atoms with E-state index in [-0.39, 0.29) is 24.5 Å². The van der Waals surface area contributed by atoms with E-state index in [4.69, 9.17) is 9.47 Å². The van der Waals surface area contributed by atoms with Crippen LogP contribution < -0.4 is 14.8 Å². The second kappa shape index (κ2) is 10.4. The molecule has 34 heavy (non-hydrogen) atoms. The minimum atomic E-state index is -0.249. The van der Waals surface area contributed by atoms with Gasteiger partial charge in [-0.2, -0.15) is 0 Å². The van der Waals surface area contributed by atoms with Gasteiger partial charge in [0.1, 0.15) is 11.5 Å². The van der Waals surface area contributed by atoms with E-state index in [1.54, 1.807) is 31.4 Å². The molecule has 3 aromatic rings. The van der Waals surface area contributed by atoms with Crippen LogP contribution in [0.1, 0.15) is 41.6 Å². The molecule has 0 aromatic heterocycles. The van der Waals surface area contributed by atoms with Gasteiger partial charge in [-0.05, 0) is 66.4 Å². The van der Waals surface area contributed by atoms with Gasteiger partial charge >= 0.3 is 0 Å². The summed E-state index contributed by atoms with van der Waals surface area (Å²) in [5, 5.41) is 2.82. The Hall–Kier alpha value is -3.80. The van der Waals surface area contributed by atoms with Gasteiger partial charge in [-0.15, -0.1) is 0 Å². The average Bonchev–Trinajstić information content (AvgIpc) is 2.87. The normalized spacial score (nSPS) is 14.8. The maximum atomic E-state index is 12.8. The van der Waals surface area contributed by atoms with E-state index in [1.807, 2.05) is 30.0 Å². The number of ether oxygens (including phenoxy) is 2. The van der Waals surface area contributed by atoms with Crippen molar-refractivity contribution in [3.8, 4) is 11.5 Å². The van der Waals surface area contributed by atoms with E-state index in [1.165, 1.54) is 11.1 Å². The second-order valence-corrected chi connectivity index (χ2v) is 8.43. The lowest BCUT2D eigenvalue weighted by atomic mass is 9.87. The zero-order chi connectivity index (χ0) is 24.1. The third-order valence-electron chi connectivity index (χ3n) is 6.11. The summed E-state index contributed by atoms with van der Waals surface area (Å²) in [5.74, 6) is 1.20.